The van der Waals surface area contributed by atoms with Crippen molar-refractivity contribution in [1.29, 1.82) is 0 Å². The predicted octanol–water partition coefficient (Wildman–Crippen LogP) is 1.64. The molecular formula is C25H30O10. The minimum atomic E-state index is -1.86. The highest BCUT2D eigenvalue weighted by atomic mass is 16.6. The lowest BCUT2D eigenvalue weighted by atomic mass is 9.53. The summed E-state index contributed by atoms with van der Waals surface area (Å²) in [5.74, 6) is -6.97. The molecule has 3 aliphatic carbocycles. The number of allylic oxidation sites excluding steroid dienone is 1. The summed E-state index contributed by atoms with van der Waals surface area (Å²) in [6.45, 7) is 7.78. The van der Waals surface area contributed by atoms with Gasteiger partial charge in [-0.05, 0) is 37.5 Å². The summed E-state index contributed by atoms with van der Waals surface area (Å²) in [7, 11) is 2.23. The summed E-state index contributed by atoms with van der Waals surface area (Å²) in [6.07, 6.45) is 1.19. The highest BCUT2D eigenvalue weighted by Gasteiger charge is 2.70. The molecule has 2 saturated carbocycles. The Hall–Kier alpha value is -3.30. The molecule has 0 aromatic heterocycles. The molecule has 3 rings (SSSR count). The number of carbonyl (C=O) groups is 6. The van der Waals surface area contributed by atoms with E-state index in [-0.39, 0.29) is 31.5 Å². The quantitative estimate of drug-likeness (QED) is 0.307. The Kier molecular flexibility index (Phi) is 6.80. The molecule has 6 atom stereocenters. The molecular weight excluding hydrogens is 460 g/mol. The number of hydrogen-bond donors (Lipinski definition) is 0. The maximum atomic E-state index is 13.5. The van der Waals surface area contributed by atoms with E-state index in [0.717, 1.165) is 27.2 Å². The maximum Gasteiger partial charge on any atom is 0.316 e. The Morgan fingerprint density at radius 1 is 1.09 bits per heavy atom. The van der Waals surface area contributed by atoms with Gasteiger partial charge in [0.1, 0.15) is 22.9 Å². The largest absolute Gasteiger partial charge is 0.469 e. The van der Waals surface area contributed by atoms with Crippen LogP contribution in [-0.4, -0.2) is 61.4 Å². The summed E-state index contributed by atoms with van der Waals surface area (Å²) < 4.78 is 21.0. The van der Waals surface area contributed by atoms with E-state index in [1.807, 2.05) is 0 Å². The van der Waals surface area contributed by atoms with Gasteiger partial charge in [0.25, 0.3) is 0 Å². The molecule has 2 fully saturated rings. The van der Waals surface area contributed by atoms with Gasteiger partial charge in [0.05, 0.1) is 31.5 Å². The summed E-state index contributed by atoms with van der Waals surface area (Å²) in [4.78, 5) is 77.3. The molecule has 10 nitrogen and oxygen atoms in total. The second-order valence-corrected chi connectivity index (χ2v) is 9.67. The zero-order chi connectivity index (χ0) is 26.3. The average molecular weight is 491 g/mol. The molecule has 0 aromatic carbocycles. The summed E-state index contributed by atoms with van der Waals surface area (Å²) in [5.41, 5.74) is -4.12. The van der Waals surface area contributed by atoms with E-state index in [1.165, 1.54) is 19.9 Å². The summed E-state index contributed by atoms with van der Waals surface area (Å²) in [6, 6.07) is 0. The summed E-state index contributed by atoms with van der Waals surface area (Å²) >= 11 is 0. The molecule has 0 aromatic rings. The highest BCUT2D eigenvalue weighted by molar-refractivity contribution is 6.03. The average Bonchev–Trinajstić information content (AvgIpc) is 3.02. The third-order valence-electron chi connectivity index (χ3n) is 7.71. The number of ketones is 2. The number of esters is 4. The number of ether oxygens (including phenoxy) is 4. The second kappa shape index (κ2) is 9.05. The zero-order valence-electron chi connectivity index (χ0n) is 20.5. The van der Waals surface area contributed by atoms with Crippen LogP contribution in [-0.2, 0) is 47.7 Å². The van der Waals surface area contributed by atoms with Crippen LogP contribution in [0.1, 0.15) is 46.5 Å². The zero-order valence-corrected chi connectivity index (χ0v) is 20.5. The number of carbonyl (C=O) groups excluding carboxylic acids is 6. The number of rotatable bonds is 6. The fourth-order valence-electron chi connectivity index (χ4n) is 6.17. The minimum absolute atomic E-state index is 0.0289. The van der Waals surface area contributed by atoms with Gasteiger partial charge < -0.3 is 18.9 Å². The third kappa shape index (κ3) is 3.98. The fourth-order valence-corrected chi connectivity index (χ4v) is 6.17. The molecule has 190 valence electrons. The standard InChI is InChI=1S/C25H30O10/c1-13-11-24(12-25(13,35-15(3)27)10-9-17(24)29)20(21(30)32-5)19-16(28)7-8-18(34-14(2)26)23(19,4)22(31)33-6/h7-8,18-20H,1,9-12H2,2-6H3/t18-,19+,20+,23+,24-,25-/m0/s1. The summed E-state index contributed by atoms with van der Waals surface area (Å²) in [5, 5.41) is 0. The topological polar surface area (TPSA) is 139 Å². The van der Waals surface area contributed by atoms with E-state index in [4.69, 9.17) is 18.9 Å². The smallest absolute Gasteiger partial charge is 0.316 e. The third-order valence-corrected chi connectivity index (χ3v) is 7.71. The SMILES string of the molecule is C=C1C[C@]2([C@@H](C(=O)OC)[C@H]3C(=O)C=C[C@H](OC(C)=O)[C@@]3(C)C(=O)OC)C[C@@]1(OC(C)=O)CCC2=O. The van der Waals surface area contributed by atoms with Crippen molar-refractivity contribution in [2.24, 2.45) is 22.7 Å². The minimum Gasteiger partial charge on any atom is -0.469 e. The number of hydrogen-bond acceptors (Lipinski definition) is 10. The Morgan fingerprint density at radius 3 is 2.29 bits per heavy atom. The van der Waals surface area contributed by atoms with E-state index in [2.05, 4.69) is 6.58 Å². The van der Waals surface area contributed by atoms with Crippen LogP contribution in [0.15, 0.2) is 24.3 Å². The van der Waals surface area contributed by atoms with Crippen LogP contribution in [0.2, 0.25) is 0 Å². The van der Waals surface area contributed by atoms with Crippen molar-refractivity contribution in [3.63, 3.8) is 0 Å². The van der Waals surface area contributed by atoms with Gasteiger partial charge in [-0.15, -0.1) is 0 Å². The van der Waals surface area contributed by atoms with Crippen molar-refractivity contribution in [1.82, 2.24) is 0 Å². The monoisotopic (exact) mass is 490 g/mol. The van der Waals surface area contributed by atoms with Crippen LogP contribution in [0.3, 0.4) is 0 Å². The maximum absolute atomic E-state index is 13.5. The number of fused-ring (bicyclic) bond motifs is 2. The van der Waals surface area contributed by atoms with E-state index < -0.39 is 64.0 Å². The molecule has 0 amide bonds. The molecule has 0 spiro atoms. The first-order valence-electron chi connectivity index (χ1n) is 11.3. The first kappa shape index (κ1) is 26.3. The van der Waals surface area contributed by atoms with Gasteiger partial charge in [0.15, 0.2) is 5.78 Å². The molecule has 2 bridgehead atoms. The Morgan fingerprint density at radius 2 is 1.74 bits per heavy atom. The first-order chi connectivity index (χ1) is 16.3. The molecule has 0 saturated heterocycles. The number of methoxy groups -OCH3 is 2. The number of Topliss-reactive ketones (excluding diaryl/α,β-unsaturated/α-hetero) is 1. The van der Waals surface area contributed by atoms with Crippen LogP contribution in [0, 0.1) is 22.7 Å². The Balaban J connectivity index is 2.25. The lowest BCUT2D eigenvalue weighted by molar-refractivity contribution is -0.186. The fraction of sp³-hybridized carbons (Fsp3) is 0.600. The van der Waals surface area contributed by atoms with Crippen LogP contribution in [0.5, 0.6) is 0 Å². The van der Waals surface area contributed by atoms with Crippen molar-refractivity contribution < 1.29 is 47.7 Å². The van der Waals surface area contributed by atoms with Gasteiger partial charge in [0, 0.05) is 26.7 Å². The molecule has 35 heavy (non-hydrogen) atoms. The van der Waals surface area contributed by atoms with Crippen LogP contribution < -0.4 is 0 Å². The molecule has 0 unspecified atom stereocenters. The highest BCUT2D eigenvalue weighted by Crippen LogP contribution is 2.63. The molecule has 0 aliphatic heterocycles. The lowest BCUT2D eigenvalue weighted by Gasteiger charge is -2.48. The first-order valence-corrected chi connectivity index (χ1v) is 11.3. The van der Waals surface area contributed by atoms with Gasteiger partial charge in [-0.25, -0.2) is 0 Å². The van der Waals surface area contributed by atoms with E-state index in [1.54, 1.807) is 0 Å². The molecule has 3 aliphatic rings. The van der Waals surface area contributed by atoms with Gasteiger partial charge in [0.2, 0.25) is 0 Å². The van der Waals surface area contributed by atoms with Crippen molar-refractivity contribution in [2.45, 2.75) is 58.2 Å². The van der Waals surface area contributed by atoms with Gasteiger partial charge in [-0.1, -0.05) is 6.58 Å². The molecule has 10 heteroatoms. The predicted molar refractivity (Wildman–Crippen MR) is 118 cm³/mol. The lowest BCUT2D eigenvalue weighted by Crippen LogP contribution is -2.60. The van der Waals surface area contributed by atoms with E-state index in [0.29, 0.717) is 5.57 Å². The Bertz CT molecular complexity index is 1040. The second-order valence-electron chi connectivity index (χ2n) is 9.67. The van der Waals surface area contributed by atoms with Gasteiger partial charge in [-0.2, -0.15) is 0 Å². The Labute approximate surface area is 203 Å². The van der Waals surface area contributed by atoms with Gasteiger partial charge >= 0.3 is 23.9 Å². The van der Waals surface area contributed by atoms with Crippen LogP contribution in [0.25, 0.3) is 0 Å². The van der Waals surface area contributed by atoms with E-state index >= 15 is 0 Å². The molecule has 0 N–H and O–H groups in total. The van der Waals surface area contributed by atoms with Crippen molar-refractivity contribution >= 4 is 35.4 Å². The van der Waals surface area contributed by atoms with Crippen LogP contribution >= 0.6 is 0 Å². The van der Waals surface area contributed by atoms with Gasteiger partial charge in [-0.3, -0.25) is 28.8 Å². The van der Waals surface area contributed by atoms with Crippen molar-refractivity contribution in [2.75, 3.05) is 14.2 Å². The molecule has 0 radical (unpaired) electrons. The van der Waals surface area contributed by atoms with Crippen molar-refractivity contribution in [3.8, 4) is 0 Å². The van der Waals surface area contributed by atoms with Crippen molar-refractivity contribution in [3.05, 3.63) is 24.3 Å². The van der Waals surface area contributed by atoms with Crippen LogP contribution in [0.4, 0.5) is 0 Å². The molecule has 0 heterocycles. The normalized spacial score (nSPS) is 34.7. The van der Waals surface area contributed by atoms with E-state index in [9.17, 15) is 28.8 Å².